The van der Waals surface area contributed by atoms with E-state index in [0.29, 0.717) is 38.2 Å². The molecule has 2 heterocycles. The van der Waals surface area contributed by atoms with E-state index >= 15 is 0 Å². The molecule has 1 fully saturated rings. The summed E-state index contributed by atoms with van der Waals surface area (Å²) >= 11 is 0. The molecule has 2 amide bonds. The Kier molecular flexibility index (Phi) is 6.35. The average molecular weight is 371 g/mol. The molecule has 1 aromatic carbocycles. The van der Waals surface area contributed by atoms with Crippen LogP contribution in [0.15, 0.2) is 47.3 Å². The van der Waals surface area contributed by atoms with Gasteiger partial charge < -0.3 is 24.3 Å². The molecule has 0 bridgehead atoms. The Bertz CT molecular complexity index is 752. The highest BCUT2D eigenvalue weighted by atomic mass is 16.5. The Balaban J connectivity index is 1.45. The van der Waals surface area contributed by atoms with Crippen LogP contribution in [-0.2, 0) is 4.79 Å². The van der Waals surface area contributed by atoms with E-state index in [1.807, 2.05) is 36.1 Å². The lowest BCUT2D eigenvalue weighted by atomic mass is 10.2. The molecule has 0 radical (unpaired) electrons. The lowest BCUT2D eigenvalue weighted by molar-refractivity contribution is -0.131. The summed E-state index contributed by atoms with van der Waals surface area (Å²) in [6.07, 6.45) is 3.12. The van der Waals surface area contributed by atoms with Crippen molar-refractivity contribution in [2.75, 3.05) is 44.2 Å². The molecule has 0 aliphatic carbocycles. The van der Waals surface area contributed by atoms with Crippen molar-refractivity contribution in [1.82, 2.24) is 10.2 Å². The zero-order chi connectivity index (χ0) is 19.1. The van der Waals surface area contributed by atoms with E-state index in [-0.39, 0.29) is 11.8 Å². The number of para-hydroxylation sites is 2. The van der Waals surface area contributed by atoms with Crippen LogP contribution < -0.4 is 15.0 Å². The van der Waals surface area contributed by atoms with Crippen molar-refractivity contribution < 1.29 is 18.7 Å². The van der Waals surface area contributed by atoms with E-state index in [2.05, 4.69) is 10.2 Å². The highest BCUT2D eigenvalue weighted by molar-refractivity contribution is 5.94. The Morgan fingerprint density at radius 1 is 1.15 bits per heavy atom. The monoisotopic (exact) mass is 371 g/mol. The van der Waals surface area contributed by atoms with Gasteiger partial charge in [0.1, 0.15) is 12.0 Å². The molecule has 1 aliphatic rings. The maximum atomic E-state index is 12.4. The van der Waals surface area contributed by atoms with Gasteiger partial charge in [-0.25, -0.2) is 0 Å². The first-order chi connectivity index (χ1) is 13.2. The van der Waals surface area contributed by atoms with Crippen LogP contribution in [-0.4, -0.2) is 56.0 Å². The van der Waals surface area contributed by atoms with Crippen LogP contribution in [0, 0.1) is 0 Å². The fourth-order valence-corrected chi connectivity index (χ4v) is 3.13. The van der Waals surface area contributed by atoms with Gasteiger partial charge in [-0.15, -0.1) is 0 Å². The molecule has 7 heteroatoms. The van der Waals surface area contributed by atoms with Crippen molar-refractivity contribution >= 4 is 17.5 Å². The lowest BCUT2D eigenvalue weighted by Gasteiger charge is -2.36. The van der Waals surface area contributed by atoms with E-state index < -0.39 is 0 Å². The van der Waals surface area contributed by atoms with Crippen LogP contribution in [0.5, 0.6) is 5.75 Å². The van der Waals surface area contributed by atoms with Gasteiger partial charge in [0.2, 0.25) is 5.91 Å². The van der Waals surface area contributed by atoms with E-state index in [0.717, 1.165) is 24.5 Å². The average Bonchev–Trinajstić information content (AvgIpc) is 3.24. The second kappa shape index (κ2) is 9.12. The molecule has 1 saturated heterocycles. The van der Waals surface area contributed by atoms with Gasteiger partial charge in [0.05, 0.1) is 24.1 Å². The van der Waals surface area contributed by atoms with Gasteiger partial charge in [-0.1, -0.05) is 12.1 Å². The number of piperazine rings is 1. The number of furan rings is 1. The summed E-state index contributed by atoms with van der Waals surface area (Å²) in [7, 11) is 0. The molecule has 27 heavy (non-hydrogen) atoms. The summed E-state index contributed by atoms with van der Waals surface area (Å²) in [6.45, 7) is 5.76. The Hall–Kier alpha value is -2.96. The molecule has 7 nitrogen and oxygen atoms in total. The van der Waals surface area contributed by atoms with E-state index in [1.54, 1.807) is 6.07 Å². The predicted octanol–water partition coefficient (Wildman–Crippen LogP) is 2.15. The molecular weight excluding hydrogens is 346 g/mol. The van der Waals surface area contributed by atoms with Crippen molar-refractivity contribution in [1.29, 1.82) is 0 Å². The molecule has 2 aromatic rings. The van der Waals surface area contributed by atoms with E-state index in [9.17, 15) is 9.59 Å². The molecule has 0 unspecified atom stereocenters. The van der Waals surface area contributed by atoms with Crippen LogP contribution in [0.4, 0.5) is 5.69 Å². The number of carbonyl (C=O) groups is 2. The Morgan fingerprint density at radius 2 is 1.93 bits per heavy atom. The standard InChI is InChI=1S/C20H25N3O4/c1-2-27-18-6-4-3-5-17(18)22-10-12-23(13-11-22)19(24)7-9-21-20(25)16-8-14-26-15-16/h3-6,8,14-15H,2,7,9-13H2,1H3,(H,21,25). The maximum absolute atomic E-state index is 12.4. The number of hydrogen-bond acceptors (Lipinski definition) is 5. The predicted molar refractivity (Wildman–Crippen MR) is 102 cm³/mol. The molecule has 1 aliphatic heterocycles. The van der Waals surface area contributed by atoms with Crippen molar-refractivity contribution in [2.45, 2.75) is 13.3 Å². The number of ether oxygens (including phenoxy) is 1. The summed E-state index contributed by atoms with van der Waals surface area (Å²) < 4.78 is 10.6. The number of benzene rings is 1. The lowest BCUT2D eigenvalue weighted by Crippen LogP contribution is -2.49. The number of amides is 2. The minimum atomic E-state index is -0.228. The highest BCUT2D eigenvalue weighted by Gasteiger charge is 2.22. The van der Waals surface area contributed by atoms with Crippen molar-refractivity contribution in [3.8, 4) is 5.75 Å². The number of rotatable bonds is 7. The first-order valence-corrected chi connectivity index (χ1v) is 9.24. The van der Waals surface area contributed by atoms with Crippen molar-refractivity contribution in [3.63, 3.8) is 0 Å². The van der Waals surface area contributed by atoms with Gasteiger partial charge in [-0.3, -0.25) is 9.59 Å². The number of nitrogens with one attached hydrogen (secondary N) is 1. The van der Waals surface area contributed by atoms with Gasteiger partial charge in [0.25, 0.3) is 5.91 Å². The summed E-state index contributed by atoms with van der Waals surface area (Å²) in [5.41, 5.74) is 1.53. The van der Waals surface area contributed by atoms with Gasteiger partial charge >= 0.3 is 0 Å². The van der Waals surface area contributed by atoms with Crippen molar-refractivity contribution in [3.05, 3.63) is 48.4 Å². The molecule has 144 valence electrons. The van der Waals surface area contributed by atoms with Crippen molar-refractivity contribution in [2.24, 2.45) is 0 Å². The molecule has 0 atom stereocenters. The molecule has 3 rings (SSSR count). The molecule has 0 spiro atoms. The fraction of sp³-hybridized carbons (Fsp3) is 0.400. The number of hydrogen-bond donors (Lipinski definition) is 1. The molecular formula is C20H25N3O4. The maximum Gasteiger partial charge on any atom is 0.254 e. The Labute approximate surface area is 158 Å². The van der Waals surface area contributed by atoms with Crippen LogP contribution in [0.1, 0.15) is 23.7 Å². The van der Waals surface area contributed by atoms with E-state index in [1.165, 1.54) is 12.5 Å². The minimum Gasteiger partial charge on any atom is -0.492 e. The van der Waals surface area contributed by atoms with E-state index in [4.69, 9.17) is 9.15 Å². The third-order valence-electron chi connectivity index (χ3n) is 4.55. The van der Waals surface area contributed by atoms with Gasteiger partial charge in [-0.05, 0) is 25.1 Å². The number of anilines is 1. The normalized spacial score (nSPS) is 14.1. The van der Waals surface area contributed by atoms with Gasteiger partial charge in [0, 0.05) is 39.1 Å². The van der Waals surface area contributed by atoms with Gasteiger partial charge in [-0.2, -0.15) is 0 Å². The zero-order valence-electron chi connectivity index (χ0n) is 15.5. The van der Waals surface area contributed by atoms with Crippen LogP contribution in [0.3, 0.4) is 0 Å². The second-order valence-electron chi connectivity index (χ2n) is 6.29. The molecule has 1 N–H and O–H groups in total. The van der Waals surface area contributed by atoms with Crippen LogP contribution in [0.2, 0.25) is 0 Å². The quantitative estimate of drug-likeness (QED) is 0.807. The minimum absolute atomic E-state index is 0.0558. The van der Waals surface area contributed by atoms with Crippen LogP contribution in [0.25, 0.3) is 0 Å². The number of carbonyl (C=O) groups excluding carboxylic acids is 2. The largest absolute Gasteiger partial charge is 0.492 e. The second-order valence-corrected chi connectivity index (χ2v) is 6.29. The van der Waals surface area contributed by atoms with Crippen LogP contribution >= 0.6 is 0 Å². The summed E-state index contributed by atoms with van der Waals surface area (Å²) in [5.74, 6) is 0.705. The topological polar surface area (TPSA) is 75.0 Å². The number of nitrogens with zero attached hydrogens (tertiary/aromatic N) is 2. The Morgan fingerprint density at radius 3 is 2.63 bits per heavy atom. The fourth-order valence-electron chi connectivity index (χ4n) is 3.13. The third-order valence-corrected chi connectivity index (χ3v) is 4.55. The zero-order valence-corrected chi connectivity index (χ0v) is 15.5. The first kappa shape index (κ1) is 18.8. The highest BCUT2D eigenvalue weighted by Crippen LogP contribution is 2.28. The summed E-state index contributed by atoms with van der Waals surface area (Å²) in [6, 6.07) is 9.58. The summed E-state index contributed by atoms with van der Waals surface area (Å²) in [4.78, 5) is 28.3. The summed E-state index contributed by atoms with van der Waals surface area (Å²) in [5, 5.41) is 2.74. The SMILES string of the molecule is CCOc1ccccc1N1CCN(C(=O)CCNC(=O)c2ccoc2)CC1. The first-order valence-electron chi connectivity index (χ1n) is 9.24. The third kappa shape index (κ3) is 4.81. The molecule has 1 aromatic heterocycles. The van der Waals surface area contributed by atoms with Gasteiger partial charge in [0.15, 0.2) is 0 Å². The smallest absolute Gasteiger partial charge is 0.254 e. The molecule has 0 saturated carbocycles.